The number of rotatable bonds is 11. The van der Waals surface area contributed by atoms with E-state index in [0.717, 1.165) is 5.56 Å². The van der Waals surface area contributed by atoms with Crippen molar-refractivity contribution in [1.82, 2.24) is 20.3 Å². The molecule has 12 nitrogen and oxygen atoms in total. The third-order valence-corrected chi connectivity index (χ3v) is 7.43. The molecule has 230 valence electrons. The molecule has 6 rings (SSSR count). The van der Waals surface area contributed by atoms with Crippen molar-refractivity contribution < 1.29 is 33.3 Å². The van der Waals surface area contributed by atoms with E-state index in [2.05, 4.69) is 15.6 Å². The minimum atomic E-state index is -1.19. The van der Waals surface area contributed by atoms with Crippen molar-refractivity contribution in [3.05, 3.63) is 96.1 Å². The summed E-state index contributed by atoms with van der Waals surface area (Å²) in [6.45, 7) is 0.0743. The summed E-state index contributed by atoms with van der Waals surface area (Å²) in [6, 6.07) is 24.1. The Labute approximate surface area is 259 Å². The first-order chi connectivity index (χ1) is 22.0. The van der Waals surface area contributed by atoms with Crippen LogP contribution in [-0.4, -0.2) is 54.9 Å². The molecule has 5 aromatic rings. The molecule has 1 aliphatic heterocycles. The minimum absolute atomic E-state index is 0.0472. The maximum absolute atomic E-state index is 14.5. The van der Waals surface area contributed by atoms with E-state index in [9.17, 15) is 9.59 Å². The van der Waals surface area contributed by atoms with Crippen molar-refractivity contribution in [2.75, 3.05) is 33.0 Å². The van der Waals surface area contributed by atoms with E-state index in [-0.39, 0.29) is 19.9 Å². The van der Waals surface area contributed by atoms with Crippen LogP contribution >= 0.6 is 0 Å². The molecular weight excluding hydrogens is 578 g/mol. The summed E-state index contributed by atoms with van der Waals surface area (Å²) in [5.74, 6) is 1.11. The lowest BCUT2D eigenvalue weighted by Crippen LogP contribution is -2.45. The van der Waals surface area contributed by atoms with Gasteiger partial charge in [0.25, 0.3) is 0 Å². The number of para-hydroxylation sites is 1. The number of anilines is 1. The number of nitrogens with zero attached hydrogens (tertiary/aromatic N) is 4. The third-order valence-electron chi connectivity index (χ3n) is 7.43. The number of nitrogens with one attached hydrogen (secondary N) is 1. The van der Waals surface area contributed by atoms with Gasteiger partial charge in [0.05, 0.1) is 26.8 Å². The Hall–Kier alpha value is -5.78. The van der Waals surface area contributed by atoms with E-state index in [1.807, 2.05) is 54.6 Å². The van der Waals surface area contributed by atoms with Crippen molar-refractivity contribution >= 4 is 28.5 Å². The first-order valence-electron chi connectivity index (χ1n) is 14.1. The lowest BCUT2D eigenvalue weighted by Gasteiger charge is -2.32. The van der Waals surface area contributed by atoms with Crippen LogP contribution in [0, 0.1) is 0 Å². The van der Waals surface area contributed by atoms with Crippen molar-refractivity contribution in [1.29, 1.82) is 0 Å². The van der Waals surface area contributed by atoms with Crippen LogP contribution in [0.15, 0.2) is 84.9 Å². The molecule has 0 spiro atoms. The van der Waals surface area contributed by atoms with E-state index in [4.69, 9.17) is 23.7 Å². The van der Waals surface area contributed by atoms with Crippen LogP contribution in [-0.2, 0) is 22.7 Å². The molecule has 0 saturated heterocycles. The van der Waals surface area contributed by atoms with Crippen LogP contribution in [0.4, 0.5) is 5.69 Å². The first kappa shape index (κ1) is 29.3. The molecule has 0 saturated carbocycles. The van der Waals surface area contributed by atoms with Gasteiger partial charge in [-0.15, -0.1) is 5.10 Å². The highest BCUT2D eigenvalue weighted by Crippen LogP contribution is 2.43. The molecule has 0 fully saturated rings. The molecule has 12 heteroatoms. The Kier molecular flexibility index (Phi) is 8.36. The van der Waals surface area contributed by atoms with Crippen LogP contribution in [0.5, 0.6) is 28.7 Å². The van der Waals surface area contributed by atoms with E-state index >= 15 is 0 Å². The van der Waals surface area contributed by atoms with Crippen molar-refractivity contribution in [2.24, 2.45) is 0 Å². The molecule has 1 atom stereocenters. The summed E-state index contributed by atoms with van der Waals surface area (Å²) < 4.78 is 29.4. The van der Waals surface area contributed by atoms with E-state index in [1.54, 1.807) is 30.3 Å². The summed E-state index contributed by atoms with van der Waals surface area (Å²) >= 11 is 0. The van der Waals surface area contributed by atoms with Gasteiger partial charge in [-0.2, -0.15) is 0 Å². The number of ether oxygens (including phenoxy) is 5. The summed E-state index contributed by atoms with van der Waals surface area (Å²) in [7, 11) is 4.47. The highest BCUT2D eigenvalue weighted by molar-refractivity contribution is 6.02. The number of amides is 2. The van der Waals surface area contributed by atoms with Gasteiger partial charge in [0.15, 0.2) is 23.0 Å². The largest absolute Gasteiger partial charge is 0.493 e. The van der Waals surface area contributed by atoms with Gasteiger partial charge in [-0.1, -0.05) is 47.7 Å². The lowest BCUT2D eigenvalue weighted by atomic mass is 10.0. The second-order valence-electron chi connectivity index (χ2n) is 10.1. The van der Waals surface area contributed by atoms with Crippen molar-refractivity contribution in [3.63, 3.8) is 0 Å². The van der Waals surface area contributed by atoms with Gasteiger partial charge in [0.2, 0.25) is 24.4 Å². The number of benzene rings is 4. The molecule has 4 aromatic carbocycles. The lowest BCUT2D eigenvalue weighted by molar-refractivity contribution is -0.127. The topological polar surface area (TPSA) is 126 Å². The summed E-state index contributed by atoms with van der Waals surface area (Å²) in [4.78, 5) is 30.2. The van der Waals surface area contributed by atoms with Crippen LogP contribution in [0.2, 0.25) is 0 Å². The van der Waals surface area contributed by atoms with Gasteiger partial charge in [-0.3, -0.25) is 14.5 Å². The molecule has 1 N–H and O–H groups in total. The van der Waals surface area contributed by atoms with Gasteiger partial charge in [0.1, 0.15) is 18.1 Å². The minimum Gasteiger partial charge on any atom is -0.493 e. The first-order valence-corrected chi connectivity index (χ1v) is 14.1. The van der Waals surface area contributed by atoms with Crippen LogP contribution in [0.3, 0.4) is 0 Å². The van der Waals surface area contributed by atoms with Crippen molar-refractivity contribution in [3.8, 4) is 28.7 Å². The van der Waals surface area contributed by atoms with E-state index in [1.165, 1.54) is 30.9 Å². The molecule has 0 unspecified atom stereocenters. The second-order valence-corrected chi connectivity index (χ2v) is 10.1. The molecule has 1 aromatic heterocycles. The molecule has 0 radical (unpaired) electrons. The third kappa shape index (κ3) is 5.90. The summed E-state index contributed by atoms with van der Waals surface area (Å²) in [5.41, 5.74) is 3.03. The van der Waals surface area contributed by atoms with Crippen LogP contribution in [0.25, 0.3) is 11.0 Å². The number of fused-ring (bicyclic) bond motifs is 2. The fraction of sp³-hybridized carbons (Fsp3) is 0.212. The normalized spacial score (nSPS) is 12.4. The smallest absolute Gasteiger partial charge is 0.249 e. The average Bonchev–Trinajstić information content (AvgIpc) is 3.72. The fourth-order valence-corrected chi connectivity index (χ4v) is 5.27. The van der Waals surface area contributed by atoms with E-state index in [0.29, 0.717) is 51.0 Å². The number of hydrogen-bond acceptors (Lipinski definition) is 9. The zero-order valence-corrected chi connectivity index (χ0v) is 24.9. The molecule has 1 aliphatic rings. The van der Waals surface area contributed by atoms with Crippen LogP contribution < -0.4 is 33.9 Å². The number of hydrogen-bond donors (Lipinski definition) is 1. The molecular formula is C33H31N5O7. The predicted octanol–water partition coefficient (Wildman–Crippen LogP) is 4.28. The molecule has 45 heavy (non-hydrogen) atoms. The van der Waals surface area contributed by atoms with Crippen LogP contribution in [0.1, 0.15) is 17.2 Å². The molecule has 2 heterocycles. The average molecular weight is 610 g/mol. The Morgan fingerprint density at radius 2 is 1.60 bits per heavy atom. The Balaban J connectivity index is 1.49. The Bertz CT molecular complexity index is 1820. The van der Waals surface area contributed by atoms with Gasteiger partial charge >= 0.3 is 0 Å². The second kappa shape index (κ2) is 12.8. The maximum atomic E-state index is 14.5. The number of methoxy groups -OCH3 is 3. The van der Waals surface area contributed by atoms with Crippen molar-refractivity contribution in [2.45, 2.75) is 19.1 Å². The maximum Gasteiger partial charge on any atom is 0.249 e. The van der Waals surface area contributed by atoms with Gasteiger partial charge in [-0.05, 0) is 47.5 Å². The quantitative estimate of drug-likeness (QED) is 0.234. The summed E-state index contributed by atoms with van der Waals surface area (Å²) in [6.07, 6.45) is 0. The monoisotopic (exact) mass is 609 g/mol. The molecule has 0 aliphatic carbocycles. The highest BCUT2D eigenvalue weighted by atomic mass is 16.7. The number of aromatic nitrogens is 3. The number of carbonyl (C=O) groups is 2. The standard InChI is InChI=1S/C33H31N5O7/c1-41-28-15-22(16-29(42-2)32(28)43-3)31(33(40)34-18-21-9-5-4-6-10-21)38(23-13-14-26-27(17-23)45-20-44-26)30(39)19-37-25-12-8-7-11-24(25)35-36-37/h4-17,31H,18-20H2,1-3H3,(H,34,40)/t31-/m1/s1. The SMILES string of the molecule is COc1cc([C@H](C(=O)NCc2ccccc2)N(C(=O)Cn2nnc3ccccc32)c2ccc3c(c2)OCO3)cc(OC)c1OC. The van der Waals surface area contributed by atoms with Gasteiger partial charge in [0, 0.05) is 18.3 Å². The highest BCUT2D eigenvalue weighted by Gasteiger charge is 2.35. The zero-order chi connectivity index (χ0) is 31.3. The summed E-state index contributed by atoms with van der Waals surface area (Å²) in [5, 5.41) is 11.4. The number of carbonyl (C=O) groups excluding carboxylic acids is 2. The fourth-order valence-electron chi connectivity index (χ4n) is 5.27. The van der Waals surface area contributed by atoms with E-state index < -0.39 is 17.9 Å². The molecule has 2 amide bonds. The van der Waals surface area contributed by atoms with Gasteiger partial charge < -0.3 is 29.0 Å². The molecule has 0 bridgehead atoms. The Morgan fingerprint density at radius 3 is 2.33 bits per heavy atom. The van der Waals surface area contributed by atoms with Gasteiger partial charge in [-0.25, -0.2) is 4.68 Å². The zero-order valence-electron chi connectivity index (χ0n) is 24.9. The Morgan fingerprint density at radius 1 is 0.889 bits per heavy atom. The predicted molar refractivity (Wildman–Crippen MR) is 165 cm³/mol.